The molecule has 2 saturated carbocycles. The highest BCUT2D eigenvalue weighted by molar-refractivity contribution is 6.00. The molecule has 0 aliphatic heterocycles. The van der Waals surface area contributed by atoms with E-state index >= 15 is 0 Å². The third-order valence-electron chi connectivity index (χ3n) is 8.16. The van der Waals surface area contributed by atoms with Crippen LogP contribution in [0.3, 0.4) is 0 Å². The number of benzene rings is 1. The van der Waals surface area contributed by atoms with Crippen molar-refractivity contribution in [1.82, 2.24) is 0 Å². The van der Waals surface area contributed by atoms with Gasteiger partial charge in [0.1, 0.15) is 0 Å². The number of aliphatic hydroxyl groups excluding tert-OH is 1. The molecule has 0 radical (unpaired) electrons. The number of fused-ring (bicyclic) bond motifs is 1. The van der Waals surface area contributed by atoms with E-state index in [9.17, 15) is 9.90 Å². The van der Waals surface area contributed by atoms with E-state index in [4.69, 9.17) is 0 Å². The summed E-state index contributed by atoms with van der Waals surface area (Å²) in [6, 6.07) is 7.85. The van der Waals surface area contributed by atoms with Gasteiger partial charge in [-0.3, -0.25) is 4.79 Å². The minimum Gasteiger partial charge on any atom is -0.393 e. The Morgan fingerprint density at radius 2 is 1.97 bits per heavy atom. The van der Waals surface area contributed by atoms with Crippen LogP contribution in [0.1, 0.15) is 71.8 Å². The first kappa shape index (κ1) is 22.8. The summed E-state index contributed by atoms with van der Waals surface area (Å²) >= 11 is 0. The Hall–Kier alpha value is -1.87. The van der Waals surface area contributed by atoms with Gasteiger partial charge in [0, 0.05) is 11.8 Å². The van der Waals surface area contributed by atoms with E-state index in [0.717, 1.165) is 55.3 Å². The van der Waals surface area contributed by atoms with Crippen molar-refractivity contribution in [1.29, 1.82) is 0 Å². The molecule has 0 saturated heterocycles. The molecule has 3 rings (SSSR count). The fourth-order valence-electron chi connectivity index (χ4n) is 6.25. The van der Waals surface area contributed by atoms with E-state index in [0.29, 0.717) is 11.8 Å². The molecule has 0 aromatic heterocycles. The highest BCUT2D eigenvalue weighted by Crippen LogP contribution is 2.61. The monoisotopic (exact) mass is 409 g/mol. The SMILES string of the molecule is C=C1CC[C@@H]2C(C)(C)[C@H](O)CC[C@@]2(C)[C@@H]1CC/C(C)=C/C(=O)Nc1ccccc1C. The summed E-state index contributed by atoms with van der Waals surface area (Å²) in [5.41, 5.74) is 4.53. The van der Waals surface area contributed by atoms with E-state index in [-0.39, 0.29) is 22.8 Å². The van der Waals surface area contributed by atoms with Crippen LogP contribution in [0.4, 0.5) is 5.69 Å². The summed E-state index contributed by atoms with van der Waals surface area (Å²) in [6.45, 7) is 15.4. The van der Waals surface area contributed by atoms with Crippen molar-refractivity contribution in [3.63, 3.8) is 0 Å². The van der Waals surface area contributed by atoms with Crippen LogP contribution in [0.15, 0.2) is 48.1 Å². The number of anilines is 1. The standard InChI is InChI=1S/C27H39NO2/c1-18(17-25(30)28-22-10-8-7-9-20(22)3)11-13-21-19(2)12-14-23-26(4,5)24(29)15-16-27(21,23)6/h7-10,17,21,23-24,29H,2,11-16H2,1,3-6H3,(H,28,30)/b18-17+/t21-,23-,24-,27+/m1/s1. The van der Waals surface area contributed by atoms with Crippen molar-refractivity contribution in [2.45, 2.75) is 79.2 Å². The molecule has 1 aromatic rings. The van der Waals surface area contributed by atoms with Crippen LogP contribution in [-0.2, 0) is 4.79 Å². The molecule has 1 amide bonds. The second-order valence-electron chi connectivity index (χ2n) is 10.5. The summed E-state index contributed by atoms with van der Waals surface area (Å²) in [4.78, 5) is 12.5. The average molecular weight is 410 g/mol. The minimum atomic E-state index is -0.214. The molecule has 0 bridgehead atoms. The van der Waals surface area contributed by atoms with Crippen molar-refractivity contribution in [2.75, 3.05) is 5.32 Å². The summed E-state index contributed by atoms with van der Waals surface area (Å²) < 4.78 is 0. The van der Waals surface area contributed by atoms with E-state index in [1.54, 1.807) is 6.08 Å². The maximum Gasteiger partial charge on any atom is 0.248 e. The Bertz CT molecular complexity index is 837. The average Bonchev–Trinajstić information content (AvgIpc) is 2.66. The van der Waals surface area contributed by atoms with Crippen molar-refractivity contribution in [3.8, 4) is 0 Å². The smallest absolute Gasteiger partial charge is 0.248 e. The highest BCUT2D eigenvalue weighted by atomic mass is 16.3. The molecule has 0 heterocycles. The van der Waals surface area contributed by atoms with E-state index in [1.807, 2.05) is 31.2 Å². The highest BCUT2D eigenvalue weighted by Gasteiger charge is 2.55. The molecular formula is C27H39NO2. The summed E-state index contributed by atoms with van der Waals surface area (Å²) in [5, 5.41) is 13.6. The molecule has 4 atom stereocenters. The maximum atomic E-state index is 12.5. The van der Waals surface area contributed by atoms with Gasteiger partial charge < -0.3 is 10.4 Å². The van der Waals surface area contributed by atoms with Gasteiger partial charge in [0.2, 0.25) is 5.91 Å². The number of para-hydroxylation sites is 1. The third-order valence-corrected chi connectivity index (χ3v) is 8.16. The predicted molar refractivity (Wildman–Crippen MR) is 125 cm³/mol. The number of aliphatic hydroxyl groups is 1. The molecule has 164 valence electrons. The van der Waals surface area contributed by atoms with Crippen molar-refractivity contribution >= 4 is 11.6 Å². The summed E-state index contributed by atoms with van der Waals surface area (Å²) in [5.74, 6) is 0.902. The van der Waals surface area contributed by atoms with E-state index in [1.165, 1.54) is 5.57 Å². The number of allylic oxidation sites excluding steroid dienone is 2. The number of carbonyl (C=O) groups excluding carboxylic acids is 1. The Balaban J connectivity index is 1.67. The number of carbonyl (C=O) groups is 1. The lowest BCUT2D eigenvalue weighted by Crippen LogP contribution is -2.54. The van der Waals surface area contributed by atoms with Crippen LogP contribution in [-0.4, -0.2) is 17.1 Å². The molecule has 2 N–H and O–H groups in total. The van der Waals surface area contributed by atoms with E-state index in [2.05, 4.69) is 39.6 Å². The zero-order chi connectivity index (χ0) is 22.1. The van der Waals surface area contributed by atoms with E-state index < -0.39 is 0 Å². The number of aryl methyl sites for hydroxylation is 1. The van der Waals surface area contributed by atoms with Gasteiger partial charge in [-0.05, 0) is 86.7 Å². The van der Waals surface area contributed by atoms with Gasteiger partial charge in [0.15, 0.2) is 0 Å². The number of amides is 1. The molecule has 2 aliphatic rings. The van der Waals surface area contributed by atoms with Crippen LogP contribution in [0.25, 0.3) is 0 Å². The minimum absolute atomic E-state index is 0.0513. The molecular weight excluding hydrogens is 370 g/mol. The number of hydrogen-bond acceptors (Lipinski definition) is 2. The first-order valence-electron chi connectivity index (χ1n) is 11.4. The largest absolute Gasteiger partial charge is 0.393 e. The molecule has 2 fully saturated rings. The summed E-state index contributed by atoms with van der Waals surface area (Å²) in [7, 11) is 0. The lowest BCUT2D eigenvalue weighted by molar-refractivity contribution is -0.124. The Morgan fingerprint density at radius 3 is 2.67 bits per heavy atom. The Morgan fingerprint density at radius 1 is 1.27 bits per heavy atom. The first-order chi connectivity index (χ1) is 14.1. The van der Waals surface area contributed by atoms with Crippen molar-refractivity contribution in [2.24, 2.45) is 22.7 Å². The normalized spacial score (nSPS) is 31.2. The molecule has 2 aliphatic carbocycles. The predicted octanol–water partition coefficient (Wildman–Crippen LogP) is 6.43. The van der Waals surface area contributed by atoms with Crippen LogP contribution in [0.5, 0.6) is 0 Å². The third kappa shape index (κ3) is 4.42. The van der Waals surface area contributed by atoms with Crippen molar-refractivity contribution in [3.05, 3.63) is 53.6 Å². The molecule has 0 unspecified atom stereocenters. The lowest BCUT2D eigenvalue weighted by Gasteiger charge is -2.59. The second kappa shape index (κ2) is 8.70. The lowest BCUT2D eigenvalue weighted by atomic mass is 9.46. The Labute approximate surface area is 182 Å². The van der Waals surface area contributed by atoms with Gasteiger partial charge in [-0.15, -0.1) is 0 Å². The zero-order valence-corrected chi connectivity index (χ0v) is 19.4. The molecule has 3 nitrogen and oxygen atoms in total. The van der Waals surface area contributed by atoms with Gasteiger partial charge >= 0.3 is 0 Å². The van der Waals surface area contributed by atoms with Crippen LogP contribution < -0.4 is 5.32 Å². The molecule has 3 heteroatoms. The second-order valence-corrected chi connectivity index (χ2v) is 10.5. The van der Waals surface area contributed by atoms with Gasteiger partial charge in [0.05, 0.1) is 6.10 Å². The molecule has 1 aromatic carbocycles. The quantitative estimate of drug-likeness (QED) is 0.435. The molecule has 0 spiro atoms. The Kier molecular flexibility index (Phi) is 6.62. The molecule has 30 heavy (non-hydrogen) atoms. The first-order valence-corrected chi connectivity index (χ1v) is 11.4. The van der Waals surface area contributed by atoms with Crippen LogP contribution in [0, 0.1) is 29.6 Å². The van der Waals surface area contributed by atoms with Gasteiger partial charge in [-0.2, -0.15) is 0 Å². The topological polar surface area (TPSA) is 49.3 Å². The van der Waals surface area contributed by atoms with Crippen LogP contribution >= 0.6 is 0 Å². The fraction of sp³-hybridized carbons (Fsp3) is 0.593. The zero-order valence-electron chi connectivity index (χ0n) is 19.4. The van der Waals surface area contributed by atoms with Gasteiger partial charge in [-0.1, -0.05) is 56.7 Å². The summed E-state index contributed by atoms with van der Waals surface area (Å²) in [6.07, 6.45) is 7.57. The van der Waals surface area contributed by atoms with Gasteiger partial charge in [0.25, 0.3) is 0 Å². The number of nitrogens with one attached hydrogen (secondary N) is 1. The fourth-order valence-corrected chi connectivity index (χ4v) is 6.25. The maximum absolute atomic E-state index is 12.5. The van der Waals surface area contributed by atoms with Gasteiger partial charge in [-0.25, -0.2) is 0 Å². The van der Waals surface area contributed by atoms with Crippen LogP contribution in [0.2, 0.25) is 0 Å². The number of hydrogen-bond donors (Lipinski definition) is 2. The number of rotatable bonds is 5. The van der Waals surface area contributed by atoms with Crippen molar-refractivity contribution < 1.29 is 9.90 Å².